The van der Waals surface area contributed by atoms with Crippen LogP contribution in [0.1, 0.15) is 5.56 Å². The van der Waals surface area contributed by atoms with E-state index in [2.05, 4.69) is 5.10 Å². The van der Waals surface area contributed by atoms with Gasteiger partial charge in [-0.2, -0.15) is 0 Å². The normalized spacial score (nSPS) is 10.8. The van der Waals surface area contributed by atoms with Gasteiger partial charge in [-0.25, -0.2) is 9.48 Å². The van der Waals surface area contributed by atoms with E-state index >= 15 is 0 Å². The van der Waals surface area contributed by atoms with Gasteiger partial charge in [0.05, 0.1) is 6.54 Å². The number of carbonyl (C=O) groups excluding carboxylic acids is 1. The Kier molecular flexibility index (Phi) is 4.83. The van der Waals surface area contributed by atoms with Crippen molar-refractivity contribution in [3.05, 3.63) is 64.7 Å². The van der Waals surface area contributed by atoms with E-state index in [9.17, 15) is 9.59 Å². The number of rotatable bonds is 6. The summed E-state index contributed by atoms with van der Waals surface area (Å²) in [7, 11) is 1.68. The lowest BCUT2D eigenvalue weighted by molar-refractivity contribution is -0.131. The molecule has 25 heavy (non-hydrogen) atoms. The van der Waals surface area contributed by atoms with Crippen LogP contribution in [0.4, 0.5) is 0 Å². The summed E-state index contributed by atoms with van der Waals surface area (Å²) in [4.78, 5) is 26.0. The summed E-state index contributed by atoms with van der Waals surface area (Å²) in [5, 5.41) is 4.16. The van der Waals surface area contributed by atoms with Crippen molar-refractivity contribution in [1.29, 1.82) is 0 Å². The molecule has 0 N–H and O–H groups in total. The summed E-state index contributed by atoms with van der Waals surface area (Å²) in [6.07, 6.45) is 1.63. The molecule has 7 nitrogen and oxygen atoms in total. The highest BCUT2D eigenvalue weighted by Gasteiger charge is 2.14. The van der Waals surface area contributed by atoms with Crippen molar-refractivity contribution in [3.63, 3.8) is 0 Å². The lowest BCUT2D eigenvalue weighted by atomic mass is 10.2. The quantitative estimate of drug-likeness (QED) is 0.679. The predicted octanol–water partition coefficient (Wildman–Crippen LogP) is 1.34. The van der Waals surface area contributed by atoms with Gasteiger partial charge < -0.3 is 9.64 Å². The topological polar surface area (TPSA) is 68.8 Å². The molecule has 1 amide bonds. The Balaban J connectivity index is 1.56. The van der Waals surface area contributed by atoms with Crippen molar-refractivity contribution in [3.8, 4) is 5.75 Å². The first-order chi connectivity index (χ1) is 12.0. The molecule has 3 aromatic rings. The summed E-state index contributed by atoms with van der Waals surface area (Å²) in [6, 6.07) is 13.0. The molecule has 0 aliphatic carbocycles. The third-order valence-electron chi connectivity index (χ3n) is 3.92. The number of aromatic nitrogens is 3. The number of fused-ring (bicyclic) bond motifs is 1. The number of pyridine rings is 1. The van der Waals surface area contributed by atoms with Gasteiger partial charge in [0.2, 0.25) is 5.91 Å². The summed E-state index contributed by atoms with van der Waals surface area (Å²) >= 11 is 0. The summed E-state index contributed by atoms with van der Waals surface area (Å²) in [6.45, 7) is 2.72. The molecule has 0 radical (unpaired) electrons. The Morgan fingerprint density at radius 2 is 1.96 bits per heavy atom. The summed E-state index contributed by atoms with van der Waals surface area (Å²) in [5.74, 6) is 0.570. The molecule has 130 valence electrons. The second kappa shape index (κ2) is 7.21. The van der Waals surface area contributed by atoms with Gasteiger partial charge in [-0.05, 0) is 31.2 Å². The van der Waals surface area contributed by atoms with E-state index in [-0.39, 0.29) is 18.1 Å². The van der Waals surface area contributed by atoms with Gasteiger partial charge in [0.25, 0.3) is 0 Å². The Bertz CT molecular complexity index is 927. The molecule has 2 heterocycles. The number of nitrogens with zero attached hydrogens (tertiary/aromatic N) is 4. The van der Waals surface area contributed by atoms with E-state index in [0.717, 1.165) is 11.3 Å². The van der Waals surface area contributed by atoms with E-state index in [1.54, 1.807) is 31.4 Å². The molecule has 0 aliphatic rings. The van der Waals surface area contributed by atoms with E-state index in [1.807, 2.05) is 31.2 Å². The maximum Gasteiger partial charge on any atom is 0.350 e. The second-order valence-electron chi connectivity index (χ2n) is 5.85. The Hall–Kier alpha value is -3.09. The highest BCUT2D eigenvalue weighted by molar-refractivity contribution is 5.75. The number of amides is 1. The zero-order chi connectivity index (χ0) is 17.8. The van der Waals surface area contributed by atoms with E-state index in [4.69, 9.17) is 4.74 Å². The zero-order valence-electron chi connectivity index (χ0n) is 14.3. The maximum absolute atomic E-state index is 12.3. The fourth-order valence-corrected chi connectivity index (χ4v) is 2.38. The number of aryl methyl sites for hydroxylation is 1. The van der Waals surface area contributed by atoms with Crippen LogP contribution >= 0.6 is 0 Å². The molecule has 0 saturated heterocycles. The molecule has 0 spiro atoms. The molecule has 0 atom stereocenters. The maximum atomic E-state index is 12.3. The van der Waals surface area contributed by atoms with Crippen LogP contribution in [-0.2, 0) is 11.3 Å². The molecule has 2 aromatic heterocycles. The van der Waals surface area contributed by atoms with Gasteiger partial charge in [-0.15, -0.1) is 5.10 Å². The van der Waals surface area contributed by atoms with Crippen LogP contribution < -0.4 is 10.4 Å². The zero-order valence-corrected chi connectivity index (χ0v) is 14.3. The first-order valence-corrected chi connectivity index (χ1v) is 8.02. The SMILES string of the molecule is Cc1ccc(OCCN(C)C(=O)Cn2nc3ccccn3c2=O)cc1. The molecule has 0 unspecified atom stereocenters. The largest absolute Gasteiger partial charge is 0.492 e. The van der Waals surface area contributed by atoms with Gasteiger partial charge in [-0.1, -0.05) is 23.8 Å². The third kappa shape index (κ3) is 3.88. The summed E-state index contributed by atoms with van der Waals surface area (Å²) < 4.78 is 8.21. The average molecular weight is 340 g/mol. The number of ether oxygens (including phenoxy) is 1. The minimum atomic E-state index is -0.326. The highest BCUT2D eigenvalue weighted by Crippen LogP contribution is 2.11. The van der Waals surface area contributed by atoms with Crippen LogP contribution in [0.15, 0.2) is 53.5 Å². The van der Waals surface area contributed by atoms with E-state index < -0.39 is 0 Å². The monoisotopic (exact) mass is 340 g/mol. The fourth-order valence-electron chi connectivity index (χ4n) is 2.38. The number of hydrogen-bond donors (Lipinski definition) is 0. The molecular weight excluding hydrogens is 320 g/mol. The minimum absolute atomic E-state index is 0.0957. The predicted molar refractivity (Wildman–Crippen MR) is 93.8 cm³/mol. The summed E-state index contributed by atoms with van der Waals surface area (Å²) in [5.41, 5.74) is 1.36. The number of carbonyl (C=O) groups is 1. The van der Waals surface area contributed by atoms with E-state index in [0.29, 0.717) is 18.8 Å². The van der Waals surface area contributed by atoms with Crippen LogP contribution in [0.2, 0.25) is 0 Å². The van der Waals surface area contributed by atoms with Gasteiger partial charge in [-0.3, -0.25) is 9.20 Å². The molecule has 0 fully saturated rings. The van der Waals surface area contributed by atoms with Crippen LogP contribution in [0, 0.1) is 6.92 Å². The van der Waals surface area contributed by atoms with Crippen molar-refractivity contribution < 1.29 is 9.53 Å². The Morgan fingerprint density at radius 3 is 2.68 bits per heavy atom. The smallest absolute Gasteiger partial charge is 0.350 e. The van der Waals surface area contributed by atoms with Gasteiger partial charge in [0.1, 0.15) is 18.9 Å². The number of benzene rings is 1. The van der Waals surface area contributed by atoms with Crippen molar-refractivity contribution in [1.82, 2.24) is 19.1 Å². The Morgan fingerprint density at radius 1 is 1.20 bits per heavy atom. The molecule has 3 rings (SSSR count). The van der Waals surface area contributed by atoms with Gasteiger partial charge in [0.15, 0.2) is 5.65 Å². The van der Waals surface area contributed by atoms with Crippen molar-refractivity contribution in [2.45, 2.75) is 13.5 Å². The second-order valence-corrected chi connectivity index (χ2v) is 5.85. The number of likely N-dealkylation sites (N-methyl/N-ethyl adjacent to an activating group) is 1. The van der Waals surface area contributed by atoms with Crippen molar-refractivity contribution >= 4 is 11.6 Å². The molecule has 0 saturated carbocycles. The molecule has 0 aliphatic heterocycles. The van der Waals surface area contributed by atoms with Gasteiger partial charge >= 0.3 is 5.69 Å². The fraction of sp³-hybridized carbons (Fsp3) is 0.278. The van der Waals surface area contributed by atoms with Crippen molar-refractivity contribution in [2.24, 2.45) is 0 Å². The Labute approximate surface area is 145 Å². The van der Waals surface area contributed by atoms with Gasteiger partial charge in [0, 0.05) is 13.2 Å². The van der Waals surface area contributed by atoms with Crippen LogP contribution in [0.25, 0.3) is 5.65 Å². The van der Waals surface area contributed by atoms with Crippen LogP contribution in [-0.4, -0.2) is 45.2 Å². The average Bonchev–Trinajstić information content (AvgIpc) is 2.93. The first kappa shape index (κ1) is 16.8. The minimum Gasteiger partial charge on any atom is -0.492 e. The van der Waals surface area contributed by atoms with Crippen LogP contribution in [0.3, 0.4) is 0 Å². The lowest BCUT2D eigenvalue weighted by Crippen LogP contribution is -2.36. The lowest BCUT2D eigenvalue weighted by Gasteiger charge is -2.17. The van der Waals surface area contributed by atoms with E-state index in [1.165, 1.54) is 14.0 Å². The standard InChI is InChI=1S/C18H20N4O3/c1-14-6-8-15(9-7-14)25-12-11-20(2)17(23)13-22-18(24)21-10-4-3-5-16(21)19-22/h3-10H,11-13H2,1-2H3. The molecule has 0 bridgehead atoms. The van der Waals surface area contributed by atoms with Crippen molar-refractivity contribution in [2.75, 3.05) is 20.2 Å². The third-order valence-corrected chi connectivity index (χ3v) is 3.92. The van der Waals surface area contributed by atoms with Crippen LogP contribution in [0.5, 0.6) is 5.75 Å². The number of hydrogen-bond acceptors (Lipinski definition) is 4. The molecular formula is C18H20N4O3. The highest BCUT2D eigenvalue weighted by atomic mass is 16.5. The first-order valence-electron chi connectivity index (χ1n) is 8.02. The molecule has 1 aromatic carbocycles. The molecule has 7 heteroatoms.